The van der Waals surface area contributed by atoms with Gasteiger partial charge < -0.3 is 9.84 Å². The van der Waals surface area contributed by atoms with Gasteiger partial charge in [0.2, 0.25) is 0 Å². The average Bonchev–Trinajstić information content (AvgIpc) is 2.82. The Labute approximate surface area is 138 Å². The summed E-state index contributed by atoms with van der Waals surface area (Å²) in [5.41, 5.74) is 2.95. The van der Waals surface area contributed by atoms with Crippen LogP contribution in [0.5, 0.6) is 5.75 Å². The fraction of sp³-hybridized carbons (Fsp3) is 0.650. The quantitative estimate of drug-likeness (QED) is 0.633. The Morgan fingerprint density at radius 3 is 2.87 bits per heavy atom. The topological polar surface area (TPSA) is 46.5 Å². The third kappa shape index (κ3) is 2.32. The fourth-order valence-corrected chi connectivity index (χ4v) is 5.76. The van der Waals surface area contributed by atoms with Gasteiger partial charge in [-0.3, -0.25) is 4.79 Å². The average molecular weight is 314 g/mol. The molecule has 0 spiro atoms. The molecule has 1 N–H and O–H groups in total. The summed E-state index contributed by atoms with van der Waals surface area (Å²) in [5.74, 6) is 2.41. The van der Waals surface area contributed by atoms with Crippen LogP contribution in [0.3, 0.4) is 0 Å². The third-order valence-electron chi connectivity index (χ3n) is 6.91. The maximum atomic E-state index is 11.2. The zero-order valence-corrected chi connectivity index (χ0v) is 14.0. The van der Waals surface area contributed by atoms with Crippen LogP contribution in [0, 0.1) is 17.3 Å². The van der Waals surface area contributed by atoms with Gasteiger partial charge in [-0.15, -0.1) is 0 Å². The second-order valence-electron chi connectivity index (χ2n) is 8.01. The van der Waals surface area contributed by atoms with E-state index in [4.69, 9.17) is 4.74 Å². The van der Waals surface area contributed by atoms with Crippen LogP contribution >= 0.6 is 0 Å². The largest absolute Gasteiger partial charge is 0.427 e. The molecule has 0 radical (unpaired) electrons. The molecule has 2 saturated carbocycles. The van der Waals surface area contributed by atoms with Gasteiger partial charge in [-0.25, -0.2) is 0 Å². The lowest BCUT2D eigenvalue weighted by Gasteiger charge is -2.50. The molecule has 23 heavy (non-hydrogen) atoms. The SMILES string of the molecule is CC(=O)Oc1ccc2c(c1)CC[C@H]1C2CC[C@@]2(C)[C@H](O)CC[C@H]12. The van der Waals surface area contributed by atoms with Gasteiger partial charge in [-0.2, -0.15) is 0 Å². The molecule has 3 aliphatic carbocycles. The first-order valence-corrected chi connectivity index (χ1v) is 8.98. The summed E-state index contributed by atoms with van der Waals surface area (Å²) in [5, 5.41) is 10.4. The van der Waals surface area contributed by atoms with E-state index in [0.717, 1.165) is 19.3 Å². The first-order valence-electron chi connectivity index (χ1n) is 8.98. The highest BCUT2D eigenvalue weighted by Gasteiger charge is 2.54. The summed E-state index contributed by atoms with van der Waals surface area (Å²) >= 11 is 0. The van der Waals surface area contributed by atoms with Crippen LogP contribution in [0.15, 0.2) is 18.2 Å². The first kappa shape index (κ1) is 15.2. The fourth-order valence-electron chi connectivity index (χ4n) is 5.76. The van der Waals surface area contributed by atoms with E-state index in [1.807, 2.05) is 6.07 Å². The van der Waals surface area contributed by atoms with E-state index in [0.29, 0.717) is 23.5 Å². The minimum Gasteiger partial charge on any atom is -0.427 e. The predicted molar refractivity (Wildman–Crippen MR) is 88.4 cm³/mol. The van der Waals surface area contributed by atoms with Gasteiger partial charge in [0.15, 0.2) is 0 Å². The summed E-state index contributed by atoms with van der Waals surface area (Å²) in [4.78, 5) is 11.2. The van der Waals surface area contributed by atoms with E-state index in [1.54, 1.807) is 0 Å². The highest BCUT2D eigenvalue weighted by atomic mass is 16.5. The van der Waals surface area contributed by atoms with Crippen LogP contribution in [-0.4, -0.2) is 17.2 Å². The molecule has 0 saturated heterocycles. The number of carbonyl (C=O) groups excluding carboxylic acids is 1. The lowest BCUT2D eigenvalue weighted by atomic mass is 9.55. The molecule has 4 rings (SSSR count). The number of fused-ring (bicyclic) bond motifs is 5. The normalized spacial score (nSPS) is 38.4. The van der Waals surface area contributed by atoms with Crippen molar-refractivity contribution in [2.45, 2.75) is 64.4 Å². The van der Waals surface area contributed by atoms with Crippen LogP contribution in [0.25, 0.3) is 0 Å². The Morgan fingerprint density at radius 2 is 2.09 bits per heavy atom. The first-order chi connectivity index (χ1) is 11.0. The molecule has 0 aromatic heterocycles. The minimum atomic E-state index is -0.257. The number of rotatable bonds is 1. The Morgan fingerprint density at radius 1 is 1.26 bits per heavy atom. The number of hydrogen-bond acceptors (Lipinski definition) is 3. The minimum absolute atomic E-state index is 0.110. The number of aliphatic hydroxyl groups is 1. The maximum absolute atomic E-state index is 11.2. The van der Waals surface area contributed by atoms with Crippen LogP contribution in [0.1, 0.15) is 63.0 Å². The van der Waals surface area contributed by atoms with Crippen molar-refractivity contribution in [1.82, 2.24) is 0 Å². The lowest BCUT2D eigenvalue weighted by molar-refractivity contribution is -0.131. The third-order valence-corrected chi connectivity index (χ3v) is 6.91. The molecular formula is C20H26O3. The monoisotopic (exact) mass is 314 g/mol. The molecule has 0 aliphatic heterocycles. The molecule has 1 unspecified atom stereocenters. The molecule has 1 aromatic rings. The second kappa shape index (κ2) is 5.34. The number of esters is 1. The van der Waals surface area contributed by atoms with Crippen molar-refractivity contribution in [3.8, 4) is 5.75 Å². The molecule has 0 amide bonds. The van der Waals surface area contributed by atoms with E-state index in [1.165, 1.54) is 37.3 Å². The summed E-state index contributed by atoms with van der Waals surface area (Å²) in [6.45, 7) is 3.76. The number of benzene rings is 1. The van der Waals surface area contributed by atoms with Gasteiger partial charge in [0.25, 0.3) is 0 Å². The Hall–Kier alpha value is -1.35. The van der Waals surface area contributed by atoms with Crippen LogP contribution < -0.4 is 4.74 Å². The highest BCUT2D eigenvalue weighted by molar-refractivity contribution is 5.69. The van der Waals surface area contributed by atoms with Gasteiger partial charge >= 0.3 is 5.97 Å². The van der Waals surface area contributed by atoms with Gasteiger partial charge in [0.1, 0.15) is 5.75 Å². The molecule has 2 fully saturated rings. The van der Waals surface area contributed by atoms with E-state index in [2.05, 4.69) is 19.1 Å². The number of aryl methyl sites for hydroxylation is 1. The van der Waals surface area contributed by atoms with E-state index in [-0.39, 0.29) is 17.5 Å². The molecule has 5 atom stereocenters. The Kier molecular flexibility index (Phi) is 3.53. The van der Waals surface area contributed by atoms with Crippen molar-refractivity contribution in [2.75, 3.05) is 0 Å². The van der Waals surface area contributed by atoms with Gasteiger partial charge in [0, 0.05) is 6.92 Å². The molecule has 0 heterocycles. The molecule has 3 aliphatic rings. The van der Waals surface area contributed by atoms with Crippen molar-refractivity contribution in [2.24, 2.45) is 17.3 Å². The molecular weight excluding hydrogens is 288 g/mol. The van der Waals surface area contributed by atoms with Crippen molar-refractivity contribution in [3.05, 3.63) is 29.3 Å². The molecule has 3 nitrogen and oxygen atoms in total. The summed E-state index contributed by atoms with van der Waals surface area (Å²) in [7, 11) is 0. The zero-order valence-electron chi connectivity index (χ0n) is 14.0. The summed E-state index contributed by atoms with van der Waals surface area (Å²) in [6.07, 6.45) is 6.62. The number of ether oxygens (including phenoxy) is 1. The molecule has 124 valence electrons. The Balaban J connectivity index is 1.63. The van der Waals surface area contributed by atoms with Crippen LogP contribution in [0.4, 0.5) is 0 Å². The highest BCUT2D eigenvalue weighted by Crippen LogP contribution is 2.60. The smallest absolute Gasteiger partial charge is 0.308 e. The van der Waals surface area contributed by atoms with Crippen LogP contribution in [0.2, 0.25) is 0 Å². The van der Waals surface area contributed by atoms with Crippen molar-refractivity contribution >= 4 is 5.97 Å². The van der Waals surface area contributed by atoms with Crippen molar-refractivity contribution in [1.29, 1.82) is 0 Å². The standard InChI is InChI=1S/C20H26O3/c1-12(21)23-14-4-6-15-13(11-14)3-5-17-16(15)9-10-20(2)18(17)7-8-19(20)22/h4,6,11,16-19,22H,3,5,7-10H2,1-2H3/t16?,17-,18+,19+,20+/m0/s1. The van der Waals surface area contributed by atoms with Gasteiger partial charge in [-0.1, -0.05) is 13.0 Å². The van der Waals surface area contributed by atoms with Gasteiger partial charge in [0.05, 0.1) is 6.10 Å². The number of hydrogen-bond donors (Lipinski definition) is 1. The molecule has 3 heteroatoms. The Bertz CT molecular complexity index is 638. The number of carbonyl (C=O) groups is 1. The van der Waals surface area contributed by atoms with Crippen molar-refractivity contribution < 1.29 is 14.6 Å². The molecule has 1 aromatic carbocycles. The van der Waals surface area contributed by atoms with E-state index in [9.17, 15) is 9.90 Å². The van der Waals surface area contributed by atoms with E-state index >= 15 is 0 Å². The number of aliphatic hydroxyl groups excluding tert-OH is 1. The maximum Gasteiger partial charge on any atom is 0.308 e. The lowest BCUT2D eigenvalue weighted by Crippen LogP contribution is -2.43. The van der Waals surface area contributed by atoms with Gasteiger partial charge in [-0.05, 0) is 85.0 Å². The van der Waals surface area contributed by atoms with E-state index < -0.39 is 0 Å². The zero-order chi connectivity index (χ0) is 16.2. The predicted octanol–water partition coefficient (Wildman–Crippen LogP) is 3.83. The molecule has 0 bridgehead atoms. The summed E-state index contributed by atoms with van der Waals surface area (Å²) in [6, 6.07) is 6.18. The van der Waals surface area contributed by atoms with Crippen LogP contribution in [-0.2, 0) is 11.2 Å². The summed E-state index contributed by atoms with van der Waals surface area (Å²) < 4.78 is 5.24. The van der Waals surface area contributed by atoms with Crippen molar-refractivity contribution in [3.63, 3.8) is 0 Å². The second-order valence-corrected chi connectivity index (χ2v) is 8.01.